The zero-order valence-corrected chi connectivity index (χ0v) is 13.1. The number of nitrogens with one attached hydrogen (secondary N) is 1. The number of thioether (sulfide) groups is 1. The van der Waals surface area contributed by atoms with E-state index in [1.165, 1.54) is 18.0 Å². The van der Waals surface area contributed by atoms with E-state index in [4.69, 9.17) is 9.15 Å². The number of pyridine rings is 1. The van der Waals surface area contributed by atoms with Gasteiger partial charge in [0, 0.05) is 6.20 Å². The molecule has 0 saturated carbocycles. The third-order valence-electron chi connectivity index (χ3n) is 2.87. The van der Waals surface area contributed by atoms with Gasteiger partial charge in [-0.25, -0.2) is 9.78 Å². The molecule has 116 valence electrons. The van der Waals surface area contributed by atoms with Gasteiger partial charge in [-0.3, -0.25) is 4.79 Å². The maximum Gasteiger partial charge on any atom is 0.341 e. The summed E-state index contributed by atoms with van der Waals surface area (Å²) in [6.45, 7) is 1.43. The summed E-state index contributed by atoms with van der Waals surface area (Å²) in [4.78, 5) is 27.8. The molecule has 0 radical (unpaired) electrons. The Hall–Kier alpha value is -2.28. The minimum Gasteiger partial charge on any atom is -0.467 e. The number of aromatic nitrogens is 1. The number of nitrogens with zero attached hydrogens (tertiary/aromatic N) is 1. The van der Waals surface area contributed by atoms with Crippen molar-refractivity contribution in [1.29, 1.82) is 0 Å². The highest BCUT2D eigenvalue weighted by Gasteiger charge is 2.16. The van der Waals surface area contributed by atoms with E-state index >= 15 is 0 Å². The largest absolute Gasteiger partial charge is 0.467 e. The Kier molecular flexibility index (Phi) is 5.60. The topological polar surface area (TPSA) is 81.4 Å². The molecule has 22 heavy (non-hydrogen) atoms. The lowest BCUT2D eigenvalue weighted by atomic mass is 10.2. The summed E-state index contributed by atoms with van der Waals surface area (Å²) >= 11 is 1.34. The molecule has 0 aliphatic rings. The first-order valence-corrected chi connectivity index (χ1v) is 7.83. The van der Waals surface area contributed by atoms with Crippen LogP contribution in [0.4, 0.5) is 0 Å². The first-order chi connectivity index (χ1) is 10.6. The number of carbonyl (C=O) groups is 2. The van der Waals surface area contributed by atoms with Crippen LogP contribution in [-0.2, 0) is 9.53 Å². The second kappa shape index (κ2) is 7.65. The van der Waals surface area contributed by atoms with E-state index in [1.54, 1.807) is 37.4 Å². The lowest BCUT2D eigenvalue weighted by Gasteiger charge is -2.12. The lowest BCUT2D eigenvalue weighted by molar-refractivity contribution is -0.125. The molecular weight excluding hydrogens is 304 g/mol. The molecule has 2 rings (SSSR count). The number of esters is 1. The molecule has 0 fully saturated rings. The van der Waals surface area contributed by atoms with Gasteiger partial charge in [0.15, 0.2) is 6.61 Å². The minimum absolute atomic E-state index is 0.290. The average molecular weight is 320 g/mol. The highest BCUT2D eigenvalue weighted by Crippen LogP contribution is 2.17. The number of hydrogen-bond donors (Lipinski definition) is 1. The molecule has 2 aromatic heterocycles. The van der Waals surface area contributed by atoms with E-state index in [2.05, 4.69) is 10.3 Å². The molecule has 0 aliphatic heterocycles. The Morgan fingerprint density at radius 1 is 1.41 bits per heavy atom. The Morgan fingerprint density at radius 2 is 2.23 bits per heavy atom. The van der Waals surface area contributed by atoms with Crippen LogP contribution in [-0.4, -0.2) is 29.7 Å². The molecule has 2 aromatic rings. The molecule has 0 aliphatic carbocycles. The third kappa shape index (κ3) is 4.11. The van der Waals surface area contributed by atoms with Crippen molar-refractivity contribution < 1.29 is 18.7 Å². The van der Waals surface area contributed by atoms with Crippen molar-refractivity contribution in [3.05, 3.63) is 48.0 Å². The van der Waals surface area contributed by atoms with Gasteiger partial charge >= 0.3 is 5.97 Å². The van der Waals surface area contributed by atoms with Crippen LogP contribution in [0.5, 0.6) is 0 Å². The Morgan fingerprint density at radius 3 is 2.91 bits per heavy atom. The Bertz CT molecular complexity index is 643. The SMILES string of the molecule is CSc1ncccc1C(=O)OCC(=O)N[C@H](C)c1ccco1. The van der Waals surface area contributed by atoms with Crippen molar-refractivity contribution in [2.45, 2.75) is 18.0 Å². The van der Waals surface area contributed by atoms with Crippen LogP contribution in [0.2, 0.25) is 0 Å². The molecule has 1 N–H and O–H groups in total. The molecule has 1 amide bonds. The minimum atomic E-state index is -0.571. The van der Waals surface area contributed by atoms with Gasteiger partial charge in [0.2, 0.25) is 0 Å². The number of ether oxygens (including phenoxy) is 1. The standard InChI is InChI=1S/C15H16N2O4S/c1-10(12-6-4-8-20-12)17-13(18)9-21-15(19)11-5-3-7-16-14(11)22-2/h3-8,10H,9H2,1-2H3,(H,17,18)/t10-/m1/s1. The van der Waals surface area contributed by atoms with Gasteiger partial charge in [0.1, 0.15) is 10.8 Å². The van der Waals surface area contributed by atoms with Gasteiger partial charge in [0.25, 0.3) is 5.91 Å². The second-order valence-electron chi connectivity index (χ2n) is 4.44. The van der Waals surface area contributed by atoms with Crippen LogP contribution in [0.3, 0.4) is 0 Å². The van der Waals surface area contributed by atoms with Crippen molar-refractivity contribution in [2.75, 3.05) is 12.9 Å². The fourth-order valence-corrected chi connectivity index (χ4v) is 2.35. The zero-order chi connectivity index (χ0) is 15.9. The Balaban J connectivity index is 1.87. The summed E-state index contributed by atoms with van der Waals surface area (Å²) in [6.07, 6.45) is 4.95. The number of amides is 1. The molecule has 7 heteroatoms. The first kappa shape index (κ1) is 16.1. The summed E-state index contributed by atoms with van der Waals surface area (Å²) < 4.78 is 10.2. The van der Waals surface area contributed by atoms with E-state index in [1.807, 2.05) is 6.26 Å². The quantitative estimate of drug-likeness (QED) is 0.650. The summed E-state index contributed by atoms with van der Waals surface area (Å²) in [5, 5.41) is 3.25. The van der Waals surface area contributed by atoms with E-state index in [-0.39, 0.29) is 12.6 Å². The molecule has 0 bridgehead atoms. The summed E-state index contributed by atoms with van der Waals surface area (Å²) in [5.41, 5.74) is 0.349. The molecule has 6 nitrogen and oxygen atoms in total. The van der Waals surface area contributed by atoms with Gasteiger partial charge in [-0.1, -0.05) is 0 Å². The van der Waals surface area contributed by atoms with Crippen LogP contribution < -0.4 is 5.32 Å². The highest BCUT2D eigenvalue weighted by molar-refractivity contribution is 7.98. The molecule has 0 unspecified atom stereocenters. The molecule has 0 saturated heterocycles. The zero-order valence-electron chi connectivity index (χ0n) is 12.2. The molecule has 1 atom stereocenters. The molecule has 0 spiro atoms. The summed E-state index contributed by atoms with van der Waals surface area (Å²) in [7, 11) is 0. The van der Waals surface area contributed by atoms with Gasteiger partial charge < -0.3 is 14.5 Å². The van der Waals surface area contributed by atoms with Crippen molar-refractivity contribution in [2.24, 2.45) is 0 Å². The van der Waals surface area contributed by atoms with Crippen molar-refractivity contribution in [3.8, 4) is 0 Å². The fourth-order valence-electron chi connectivity index (χ4n) is 1.81. The normalized spacial score (nSPS) is 11.7. The van der Waals surface area contributed by atoms with Crippen molar-refractivity contribution >= 4 is 23.6 Å². The molecular formula is C15H16N2O4S. The first-order valence-electron chi connectivity index (χ1n) is 6.60. The predicted molar refractivity (Wildman–Crippen MR) is 81.6 cm³/mol. The maximum absolute atomic E-state index is 12.0. The highest BCUT2D eigenvalue weighted by atomic mass is 32.2. The smallest absolute Gasteiger partial charge is 0.341 e. The summed E-state index contributed by atoms with van der Waals surface area (Å²) in [5.74, 6) is -0.332. The summed E-state index contributed by atoms with van der Waals surface area (Å²) in [6, 6.07) is 6.48. The number of hydrogen-bond acceptors (Lipinski definition) is 6. The number of carbonyl (C=O) groups excluding carboxylic acids is 2. The van der Waals surface area contributed by atoms with Crippen LogP contribution >= 0.6 is 11.8 Å². The third-order valence-corrected chi connectivity index (χ3v) is 3.58. The fraction of sp³-hybridized carbons (Fsp3) is 0.267. The number of rotatable bonds is 6. The second-order valence-corrected chi connectivity index (χ2v) is 5.24. The maximum atomic E-state index is 12.0. The van der Waals surface area contributed by atoms with Gasteiger partial charge in [0.05, 0.1) is 17.9 Å². The van der Waals surface area contributed by atoms with Gasteiger partial charge in [-0.15, -0.1) is 11.8 Å². The van der Waals surface area contributed by atoms with E-state index in [9.17, 15) is 9.59 Å². The molecule has 2 heterocycles. The van der Waals surface area contributed by atoms with E-state index in [0.717, 1.165) is 0 Å². The van der Waals surface area contributed by atoms with Gasteiger partial charge in [-0.05, 0) is 37.4 Å². The molecule has 0 aromatic carbocycles. The van der Waals surface area contributed by atoms with Crippen LogP contribution in [0.1, 0.15) is 29.1 Å². The van der Waals surface area contributed by atoms with Crippen LogP contribution in [0, 0.1) is 0 Å². The van der Waals surface area contributed by atoms with E-state index in [0.29, 0.717) is 16.3 Å². The van der Waals surface area contributed by atoms with Crippen LogP contribution in [0.25, 0.3) is 0 Å². The van der Waals surface area contributed by atoms with E-state index < -0.39 is 11.9 Å². The van der Waals surface area contributed by atoms with Crippen molar-refractivity contribution in [1.82, 2.24) is 10.3 Å². The van der Waals surface area contributed by atoms with Crippen molar-refractivity contribution in [3.63, 3.8) is 0 Å². The van der Waals surface area contributed by atoms with Crippen LogP contribution in [0.15, 0.2) is 46.2 Å². The van der Waals surface area contributed by atoms with Gasteiger partial charge in [-0.2, -0.15) is 0 Å². The lowest BCUT2D eigenvalue weighted by Crippen LogP contribution is -2.31. The monoisotopic (exact) mass is 320 g/mol. The number of furan rings is 1. The average Bonchev–Trinajstić information content (AvgIpc) is 3.07. The Labute approximate surface area is 132 Å². The predicted octanol–water partition coefficient (Wildman–Crippen LogP) is 2.43.